The van der Waals surface area contributed by atoms with Crippen LogP contribution < -0.4 is 4.74 Å². The minimum absolute atomic E-state index is 0.0492. The zero-order chi connectivity index (χ0) is 15.5. The predicted octanol–water partition coefficient (Wildman–Crippen LogP) is 4.86. The summed E-state index contributed by atoms with van der Waals surface area (Å²) in [6, 6.07) is 9.74. The van der Waals surface area contributed by atoms with E-state index in [1.165, 1.54) is 12.1 Å². The lowest BCUT2D eigenvalue weighted by Gasteiger charge is -2.11. The van der Waals surface area contributed by atoms with E-state index < -0.39 is 11.7 Å². The minimum Gasteiger partial charge on any atom is -0.488 e. The highest BCUT2D eigenvalue weighted by molar-refractivity contribution is 9.10. The normalized spacial score (nSPS) is 11.2. The number of aldehydes is 1. The van der Waals surface area contributed by atoms with Gasteiger partial charge in [0.05, 0.1) is 11.1 Å². The van der Waals surface area contributed by atoms with Crippen LogP contribution in [0.5, 0.6) is 5.75 Å². The van der Waals surface area contributed by atoms with E-state index in [2.05, 4.69) is 15.9 Å². The van der Waals surface area contributed by atoms with Crippen molar-refractivity contribution in [1.82, 2.24) is 0 Å². The van der Waals surface area contributed by atoms with E-state index in [1.54, 1.807) is 18.2 Å². The summed E-state index contributed by atoms with van der Waals surface area (Å²) >= 11 is 3.23. The number of hydrogen-bond donors (Lipinski definition) is 0. The molecule has 0 N–H and O–H groups in total. The van der Waals surface area contributed by atoms with E-state index in [-0.39, 0.29) is 6.61 Å². The van der Waals surface area contributed by atoms with Crippen molar-refractivity contribution in [3.63, 3.8) is 0 Å². The minimum atomic E-state index is -4.39. The van der Waals surface area contributed by atoms with Gasteiger partial charge in [-0.25, -0.2) is 0 Å². The molecule has 0 bridgehead atoms. The average molecular weight is 359 g/mol. The molecule has 0 heterocycles. The van der Waals surface area contributed by atoms with Crippen molar-refractivity contribution >= 4 is 22.2 Å². The second-order valence-electron chi connectivity index (χ2n) is 4.29. The Labute approximate surface area is 127 Å². The lowest BCUT2D eigenvalue weighted by Crippen LogP contribution is -2.06. The number of carbonyl (C=O) groups excluding carboxylic acids is 1. The Bertz CT molecular complexity index is 654. The summed E-state index contributed by atoms with van der Waals surface area (Å²) in [5, 5.41) is 0. The maximum Gasteiger partial charge on any atom is 0.416 e. The number of halogens is 4. The summed E-state index contributed by atoms with van der Waals surface area (Å²) in [4.78, 5) is 10.9. The Balaban J connectivity index is 2.15. The molecule has 0 spiro atoms. The summed E-state index contributed by atoms with van der Waals surface area (Å²) in [5.41, 5.74) is -0.0176. The van der Waals surface area contributed by atoms with E-state index in [4.69, 9.17) is 4.74 Å². The monoisotopic (exact) mass is 358 g/mol. The lowest BCUT2D eigenvalue weighted by atomic mass is 10.1. The van der Waals surface area contributed by atoms with Gasteiger partial charge in [0.15, 0.2) is 6.29 Å². The molecule has 0 aliphatic heterocycles. The summed E-state index contributed by atoms with van der Waals surface area (Å²) in [7, 11) is 0. The Hall–Kier alpha value is -1.82. The molecule has 21 heavy (non-hydrogen) atoms. The lowest BCUT2D eigenvalue weighted by molar-refractivity contribution is -0.137. The summed E-state index contributed by atoms with van der Waals surface area (Å²) in [6.07, 6.45) is -3.76. The third-order valence-electron chi connectivity index (χ3n) is 2.75. The Morgan fingerprint density at radius 3 is 2.57 bits per heavy atom. The van der Waals surface area contributed by atoms with E-state index in [0.717, 1.165) is 16.6 Å². The van der Waals surface area contributed by atoms with Gasteiger partial charge in [-0.1, -0.05) is 28.1 Å². The quantitative estimate of drug-likeness (QED) is 0.729. The fraction of sp³-hybridized carbons (Fsp3) is 0.133. The molecule has 0 aliphatic carbocycles. The second-order valence-corrected chi connectivity index (χ2v) is 5.20. The molecule has 0 aromatic heterocycles. The van der Waals surface area contributed by atoms with Gasteiger partial charge in [0.25, 0.3) is 0 Å². The standard InChI is InChI=1S/C15H10BrF3O2/c16-13-4-5-14(11(7-13)8-20)21-9-10-2-1-3-12(6-10)15(17,18)19/h1-8H,9H2. The zero-order valence-electron chi connectivity index (χ0n) is 10.7. The van der Waals surface area contributed by atoms with Gasteiger partial charge in [0.2, 0.25) is 0 Å². The van der Waals surface area contributed by atoms with Gasteiger partial charge in [-0.3, -0.25) is 4.79 Å². The van der Waals surface area contributed by atoms with Crippen LogP contribution >= 0.6 is 15.9 Å². The molecule has 2 rings (SSSR count). The molecule has 0 fully saturated rings. The summed E-state index contributed by atoms with van der Waals surface area (Å²) < 4.78 is 43.9. The van der Waals surface area contributed by atoms with Crippen molar-refractivity contribution in [2.24, 2.45) is 0 Å². The van der Waals surface area contributed by atoms with Crippen LogP contribution in [0.15, 0.2) is 46.9 Å². The van der Waals surface area contributed by atoms with E-state index >= 15 is 0 Å². The maximum absolute atomic E-state index is 12.6. The molecule has 2 aromatic rings. The Morgan fingerprint density at radius 2 is 1.90 bits per heavy atom. The molecule has 6 heteroatoms. The fourth-order valence-corrected chi connectivity index (χ4v) is 2.12. The van der Waals surface area contributed by atoms with Crippen LogP contribution in [-0.2, 0) is 12.8 Å². The van der Waals surface area contributed by atoms with E-state index in [1.807, 2.05) is 0 Å². The van der Waals surface area contributed by atoms with Gasteiger partial charge in [-0.15, -0.1) is 0 Å². The van der Waals surface area contributed by atoms with Crippen molar-refractivity contribution < 1.29 is 22.7 Å². The Morgan fingerprint density at radius 1 is 1.14 bits per heavy atom. The van der Waals surface area contributed by atoms with Crippen LogP contribution in [0.1, 0.15) is 21.5 Å². The van der Waals surface area contributed by atoms with Crippen LogP contribution in [0, 0.1) is 0 Å². The second kappa shape index (κ2) is 6.30. The molecule has 0 saturated heterocycles. The third kappa shape index (κ3) is 4.07. The number of benzene rings is 2. The first-order chi connectivity index (χ1) is 9.90. The first-order valence-electron chi connectivity index (χ1n) is 5.94. The molecule has 0 radical (unpaired) electrons. The molecular formula is C15H10BrF3O2. The third-order valence-corrected chi connectivity index (χ3v) is 3.24. The fourth-order valence-electron chi connectivity index (χ4n) is 1.74. The molecule has 0 saturated carbocycles. The van der Waals surface area contributed by atoms with Crippen LogP contribution in [-0.4, -0.2) is 6.29 Å². The van der Waals surface area contributed by atoms with Crippen molar-refractivity contribution in [3.05, 3.63) is 63.6 Å². The first kappa shape index (κ1) is 15.6. The first-order valence-corrected chi connectivity index (χ1v) is 6.73. The highest BCUT2D eigenvalue weighted by Gasteiger charge is 2.30. The van der Waals surface area contributed by atoms with Gasteiger partial charge in [-0.2, -0.15) is 13.2 Å². The van der Waals surface area contributed by atoms with Gasteiger partial charge >= 0.3 is 6.18 Å². The number of carbonyl (C=O) groups is 1. The number of hydrogen-bond acceptors (Lipinski definition) is 2. The summed E-state index contributed by atoms with van der Waals surface area (Å²) in [5.74, 6) is 0.325. The predicted molar refractivity (Wildman–Crippen MR) is 75.3 cm³/mol. The highest BCUT2D eigenvalue weighted by Crippen LogP contribution is 2.30. The van der Waals surface area contributed by atoms with Crippen LogP contribution in [0.25, 0.3) is 0 Å². The van der Waals surface area contributed by atoms with Crippen LogP contribution in [0.3, 0.4) is 0 Å². The summed E-state index contributed by atoms with van der Waals surface area (Å²) in [6.45, 7) is -0.0492. The molecule has 110 valence electrons. The topological polar surface area (TPSA) is 26.3 Å². The molecule has 0 amide bonds. The maximum atomic E-state index is 12.6. The highest BCUT2D eigenvalue weighted by atomic mass is 79.9. The average Bonchev–Trinajstić information content (AvgIpc) is 2.45. The van der Waals surface area contributed by atoms with E-state index in [9.17, 15) is 18.0 Å². The largest absolute Gasteiger partial charge is 0.488 e. The molecule has 0 aliphatic rings. The van der Waals surface area contributed by atoms with Crippen LogP contribution in [0.2, 0.25) is 0 Å². The van der Waals surface area contributed by atoms with Gasteiger partial charge in [0, 0.05) is 4.47 Å². The van der Waals surface area contributed by atoms with Gasteiger partial charge < -0.3 is 4.74 Å². The van der Waals surface area contributed by atoms with Crippen molar-refractivity contribution in [1.29, 1.82) is 0 Å². The molecule has 0 atom stereocenters. The number of ether oxygens (including phenoxy) is 1. The van der Waals surface area contributed by atoms with Gasteiger partial charge in [0.1, 0.15) is 12.4 Å². The van der Waals surface area contributed by atoms with Crippen LogP contribution in [0.4, 0.5) is 13.2 Å². The SMILES string of the molecule is O=Cc1cc(Br)ccc1OCc1cccc(C(F)(F)F)c1. The smallest absolute Gasteiger partial charge is 0.416 e. The molecular weight excluding hydrogens is 349 g/mol. The van der Waals surface area contributed by atoms with Crippen molar-refractivity contribution in [2.45, 2.75) is 12.8 Å². The van der Waals surface area contributed by atoms with Crippen molar-refractivity contribution in [3.8, 4) is 5.75 Å². The molecule has 0 unspecified atom stereocenters. The molecule has 2 nitrogen and oxygen atoms in total. The van der Waals surface area contributed by atoms with E-state index in [0.29, 0.717) is 23.2 Å². The van der Waals surface area contributed by atoms with Crippen molar-refractivity contribution in [2.75, 3.05) is 0 Å². The zero-order valence-corrected chi connectivity index (χ0v) is 12.2. The molecule has 2 aromatic carbocycles. The number of rotatable bonds is 4. The Kier molecular flexibility index (Phi) is 4.67. The van der Waals surface area contributed by atoms with Gasteiger partial charge in [-0.05, 0) is 35.9 Å². The number of alkyl halides is 3.